The van der Waals surface area contributed by atoms with Crippen molar-refractivity contribution in [2.45, 2.75) is 20.8 Å². The molecule has 2 N–H and O–H groups in total. The van der Waals surface area contributed by atoms with E-state index in [0.717, 1.165) is 0 Å². The van der Waals surface area contributed by atoms with E-state index in [1.54, 1.807) is 27.9 Å². The normalized spacial score (nSPS) is 11.2. The molecule has 106 valence electrons. The van der Waals surface area contributed by atoms with Gasteiger partial charge in [0.25, 0.3) is 0 Å². The summed E-state index contributed by atoms with van der Waals surface area (Å²) < 4.78 is 9.78. The van der Waals surface area contributed by atoms with E-state index in [1.165, 1.54) is 4.90 Å². The number of nitrogens with zero attached hydrogens (tertiary/aromatic N) is 1. The molecule has 0 saturated heterocycles. The van der Waals surface area contributed by atoms with Crippen molar-refractivity contribution in [2.75, 3.05) is 40.0 Å². The highest BCUT2D eigenvalue weighted by Crippen LogP contribution is 2.16. The smallest absolute Gasteiger partial charge is 0.325 e. The number of methoxy groups -OCH3 is 1. The predicted molar refractivity (Wildman–Crippen MR) is 67.9 cm³/mol. The molecule has 6 nitrogen and oxygen atoms in total. The molecule has 0 aliphatic carbocycles. The lowest BCUT2D eigenvalue weighted by atomic mass is 9.92. The van der Waals surface area contributed by atoms with Crippen molar-refractivity contribution in [1.29, 1.82) is 0 Å². The zero-order chi connectivity index (χ0) is 14.2. The van der Waals surface area contributed by atoms with Crippen LogP contribution in [0.1, 0.15) is 20.8 Å². The molecule has 0 rings (SSSR count). The third-order valence-electron chi connectivity index (χ3n) is 2.57. The summed E-state index contributed by atoms with van der Waals surface area (Å²) in [6.07, 6.45) is 0. The first kappa shape index (κ1) is 16.9. The summed E-state index contributed by atoms with van der Waals surface area (Å²) in [5.74, 6) is -0.593. The van der Waals surface area contributed by atoms with Gasteiger partial charge in [-0.15, -0.1) is 0 Å². The Morgan fingerprint density at radius 3 is 2.39 bits per heavy atom. The fourth-order valence-corrected chi connectivity index (χ4v) is 1.33. The van der Waals surface area contributed by atoms with E-state index >= 15 is 0 Å². The number of carbonyl (C=O) groups is 2. The quantitative estimate of drug-likeness (QED) is 0.622. The average Bonchev–Trinajstić information content (AvgIpc) is 2.33. The van der Waals surface area contributed by atoms with Crippen LogP contribution in [0.3, 0.4) is 0 Å². The highest BCUT2D eigenvalue weighted by molar-refractivity contribution is 5.86. The first-order valence-corrected chi connectivity index (χ1v) is 6.03. The Morgan fingerprint density at radius 2 is 1.94 bits per heavy atom. The van der Waals surface area contributed by atoms with Gasteiger partial charge in [-0.25, -0.2) is 0 Å². The topological polar surface area (TPSA) is 81.9 Å². The Bertz CT molecular complexity index is 279. The number of hydrogen-bond donors (Lipinski definition) is 1. The Kier molecular flexibility index (Phi) is 7.54. The Labute approximate surface area is 108 Å². The SMILES string of the molecule is CCOC(=O)CN(CCOC)C(=O)C(C)(C)CN. The molecular weight excluding hydrogens is 236 g/mol. The highest BCUT2D eigenvalue weighted by Gasteiger charge is 2.31. The molecule has 0 aromatic carbocycles. The lowest BCUT2D eigenvalue weighted by Gasteiger charge is -2.30. The monoisotopic (exact) mass is 260 g/mol. The van der Waals surface area contributed by atoms with Crippen LogP contribution in [0.4, 0.5) is 0 Å². The standard InChI is InChI=1S/C12H24N2O4/c1-5-18-10(15)8-14(6-7-17-4)11(16)12(2,3)9-13/h5-9,13H2,1-4H3. The van der Waals surface area contributed by atoms with Crippen LogP contribution in [0.5, 0.6) is 0 Å². The number of hydrogen-bond acceptors (Lipinski definition) is 5. The van der Waals surface area contributed by atoms with Crippen LogP contribution in [0.15, 0.2) is 0 Å². The molecule has 0 radical (unpaired) electrons. The molecule has 1 amide bonds. The zero-order valence-corrected chi connectivity index (χ0v) is 11.7. The summed E-state index contributed by atoms with van der Waals surface area (Å²) in [5.41, 5.74) is 4.87. The van der Waals surface area contributed by atoms with E-state index in [4.69, 9.17) is 15.2 Å². The van der Waals surface area contributed by atoms with E-state index in [1.807, 2.05) is 0 Å². The van der Waals surface area contributed by atoms with Crippen molar-refractivity contribution in [2.24, 2.45) is 11.1 Å². The Hall–Kier alpha value is -1.14. The second kappa shape index (κ2) is 8.05. The Balaban J connectivity index is 4.66. The molecule has 0 heterocycles. The van der Waals surface area contributed by atoms with Crippen LogP contribution in [-0.2, 0) is 19.1 Å². The third-order valence-corrected chi connectivity index (χ3v) is 2.57. The van der Waals surface area contributed by atoms with Gasteiger partial charge in [-0.3, -0.25) is 9.59 Å². The summed E-state index contributed by atoms with van der Waals surface area (Å²) >= 11 is 0. The largest absolute Gasteiger partial charge is 0.465 e. The van der Waals surface area contributed by atoms with Crippen molar-refractivity contribution in [1.82, 2.24) is 4.90 Å². The molecule has 0 aliphatic heterocycles. The lowest BCUT2D eigenvalue weighted by molar-refractivity contribution is -0.152. The molecule has 0 atom stereocenters. The van der Waals surface area contributed by atoms with Crippen LogP contribution >= 0.6 is 0 Å². The van der Waals surface area contributed by atoms with E-state index in [0.29, 0.717) is 19.8 Å². The van der Waals surface area contributed by atoms with E-state index in [-0.39, 0.29) is 19.0 Å². The van der Waals surface area contributed by atoms with Gasteiger partial charge >= 0.3 is 5.97 Å². The van der Waals surface area contributed by atoms with Crippen LogP contribution in [0.2, 0.25) is 0 Å². The lowest BCUT2D eigenvalue weighted by Crippen LogP contribution is -2.48. The van der Waals surface area contributed by atoms with Gasteiger partial charge in [-0.1, -0.05) is 0 Å². The highest BCUT2D eigenvalue weighted by atomic mass is 16.5. The maximum atomic E-state index is 12.2. The molecule has 0 unspecified atom stereocenters. The molecular formula is C12H24N2O4. The van der Waals surface area contributed by atoms with Gasteiger partial charge in [-0.05, 0) is 20.8 Å². The second-order valence-electron chi connectivity index (χ2n) is 4.61. The number of ether oxygens (including phenoxy) is 2. The van der Waals surface area contributed by atoms with Gasteiger partial charge in [0, 0.05) is 20.2 Å². The second-order valence-corrected chi connectivity index (χ2v) is 4.61. The summed E-state index contributed by atoms with van der Waals surface area (Å²) in [6.45, 7) is 6.38. The first-order chi connectivity index (χ1) is 8.38. The van der Waals surface area contributed by atoms with Crippen LogP contribution < -0.4 is 5.73 Å². The van der Waals surface area contributed by atoms with Crippen LogP contribution in [0.25, 0.3) is 0 Å². The van der Waals surface area contributed by atoms with Gasteiger partial charge < -0.3 is 20.1 Å². The molecule has 0 bridgehead atoms. The third kappa shape index (κ3) is 5.46. The summed E-state index contributed by atoms with van der Waals surface area (Å²) in [6, 6.07) is 0. The molecule has 0 spiro atoms. The average molecular weight is 260 g/mol. The van der Waals surface area contributed by atoms with Gasteiger partial charge in [0.15, 0.2) is 0 Å². The summed E-state index contributed by atoms with van der Waals surface area (Å²) in [4.78, 5) is 25.1. The summed E-state index contributed by atoms with van der Waals surface area (Å²) in [7, 11) is 1.54. The van der Waals surface area contributed by atoms with Crippen LogP contribution in [-0.4, -0.2) is 56.7 Å². The van der Waals surface area contributed by atoms with Gasteiger partial charge in [-0.2, -0.15) is 0 Å². The van der Waals surface area contributed by atoms with E-state index in [2.05, 4.69) is 0 Å². The summed E-state index contributed by atoms with van der Waals surface area (Å²) in [5, 5.41) is 0. The van der Waals surface area contributed by atoms with Crippen molar-refractivity contribution in [3.05, 3.63) is 0 Å². The maximum absolute atomic E-state index is 12.2. The molecule has 0 saturated carbocycles. The van der Waals surface area contributed by atoms with Crippen molar-refractivity contribution >= 4 is 11.9 Å². The molecule has 18 heavy (non-hydrogen) atoms. The van der Waals surface area contributed by atoms with Gasteiger partial charge in [0.2, 0.25) is 5.91 Å². The first-order valence-electron chi connectivity index (χ1n) is 6.03. The molecule has 0 aromatic rings. The zero-order valence-electron chi connectivity index (χ0n) is 11.7. The van der Waals surface area contributed by atoms with Crippen molar-refractivity contribution < 1.29 is 19.1 Å². The minimum atomic E-state index is -0.694. The van der Waals surface area contributed by atoms with Crippen molar-refractivity contribution in [3.63, 3.8) is 0 Å². The van der Waals surface area contributed by atoms with Crippen LogP contribution in [0, 0.1) is 5.41 Å². The van der Waals surface area contributed by atoms with Crippen molar-refractivity contribution in [3.8, 4) is 0 Å². The van der Waals surface area contributed by atoms with Gasteiger partial charge in [0.05, 0.1) is 18.6 Å². The minimum absolute atomic E-state index is 0.0700. The van der Waals surface area contributed by atoms with E-state index < -0.39 is 11.4 Å². The fraction of sp³-hybridized carbons (Fsp3) is 0.833. The number of esters is 1. The number of nitrogens with two attached hydrogens (primary N) is 1. The van der Waals surface area contributed by atoms with E-state index in [9.17, 15) is 9.59 Å². The molecule has 0 aliphatic rings. The Morgan fingerprint density at radius 1 is 1.33 bits per heavy atom. The maximum Gasteiger partial charge on any atom is 0.325 e. The predicted octanol–water partition coefficient (Wildman–Crippen LogP) is 0.00940. The number of carbonyl (C=O) groups excluding carboxylic acids is 2. The number of rotatable bonds is 8. The molecule has 0 fully saturated rings. The molecule has 0 aromatic heterocycles. The van der Waals surface area contributed by atoms with Gasteiger partial charge in [0.1, 0.15) is 6.54 Å². The fourth-order valence-electron chi connectivity index (χ4n) is 1.33. The number of amides is 1. The minimum Gasteiger partial charge on any atom is -0.465 e. The molecule has 6 heteroatoms.